The maximum Gasteiger partial charge on any atom is 0.262 e. The summed E-state index contributed by atoms with van der Waals surface area (Å²) in [6, 6.07) is 14.2. The molecule has 0 radical (unpaired) electrons. The number of anilines is 1. The first-order valence-electron chi connectivity index (χ1n) is 7.73. The smallest absolute Gasteiger partial charge is 0.262 e. The highest BCUT2D eigenvalue weighted by Gasteiger charge is 2.11. The fourth-order valence-corrected chi connectivity index (χ4v) is 2.45. The van der Waals surface area contributed by atoms with Gasteiger partial charge in [0.05, 0.1) is 10.7 Å². The van der Waals surface area contributed by atoms with E-state index in [4.69, 9.17) is 25.9 Å². The molecule has 2 aromatic carbocycles. The van der Waals surface area contributed by atoms with E-state index < -0.39 is 11.7 Å². The first-order chi connectivity index (χ1) is 12.6. The zero-order valence-corrected chi connectivity index (χ0v) is 14.3. The van der Waals surface area contributed by atoms with Crippen LogP contribution in [-0.4, -0.2) is 17.6 Å². The fraction of sp³-hybridized carbons (Fsp3) is 0.105. The molecule has 2 N–H and O–H groups in total. The Kier molecular flexibility index (Phi) is 5.55. The summed E-state index contributed by atoms with van der Waals surface area (Å²) in [5.41, 5.74) is 1.05. The van der Waals surface area contributed by atoms with Gasteiger partial charge < -0.3 is 19.6 Å². The van der Waals surface area contributed by atoms with Crippen molar-refractivity contribution in [3.63, 3.8) is 0 Å². The first-order valence-corrected chi connectivity index (χ1v) is 8.11. The molecule has 0 spiro atoms. The molecule has 0 aliphatic heterocycles. The normalized spacial score (nSPS) is 10.6. The summed E-state index contributed by atoms with van der Waals surface area (Å²) >= 11 is 6.12. The number of ether oxygens (including phenoxy) is 1. The predicted molar refractivity (Wildman–Crippen MR) is 95.6 cm³/mol. The van der Waals surface area contributed by atoms with Crippen molar-refractivity contribution >= 4 is 23.2 Å². The van der Waals surface area contributed by atoms with Crippen LogP contribution in [0.15, 0.2) is 59.0 Å². The van der Waals surface area contributed by atoms with Crippen molar-refractivity contribution < 1.29 is 23.4 Å². The lowest BCUT2D eigenvalue weighted by Gasteiger charge is -2.10. The molecule has 0 saturated heterocycles. The molecule has 7 heteroatoms. The zero-order valence-electron chi connectivity index (χ0n) is 13.5. The van der Waals surface area contributed by atoms with Gasteiger partial charge in [-0.2, -0.15) is 0 Å². The second-order valence-corrected chi connectivity index (χ2v) is 5.79. The number of hydrogen-bond donors (Lipinski definition) is 2. The number of nitrogens with one attached hydrogen (secondary N) is 1. The van der Waals surface area contributed by atoms with Crippen LogP contribution in [0, 0.1) is 5.82 Å². The molecule has 1 aromatic heterocycles. The molecule has 3 aromatic rings. The summed E-state index contributed by atoms with van der Waals surface area (Å²) in [6.07, 6.45) is 0. The van der Waals surface area contributed by atoms with Crippen LogP contribution in [0.25, 0.3) is 11.3 Å². The minimum absolute atomic E-state index is 0.00499. The van der Waals surface area contributed by atoms with E-state index in [0.29, 0.717) is 27.8 Å². The average molecular weight is 376 g/mol. The zero-order chi connectivity index (χ0) is 18.5. The second-order valence-electron chi connectivity index (χ2n) is 5.39. The van der Waals surface area contributed by atoms with Crippen LogP contribution < -0.4 is 10.1 Å². The van der Waals surface area contributed by atoms with Crippen molar-refractivity contribution in [1.82, 2.24) is 0 Å². The van der Waals surface area contributed by atoms with Gasteiger partial charge in [-0.05, 0) is 42.5 Å². The number of aliphatic hydroxyl groups is 1. The van der Waals surface area contributed by atoms with Gasteiger partial charge in [-0.15, -0.1) is 0 Å². The van der Waals surface area contributed by atoms with Gasteiger partial charge in [-0.1, -0.05) is 23.7 Å². The van der Waals surface area contributed by atoms with E-state index in [0.717, 1.165) is 0 Å². The Morgan fingerprint density at radius 3 is 2.73 bits per heavy atom. The minimum Gasteiger partial charge on any atom is -0.481 e. The third kappa shape index (κ3) is 4.22. The van der Waals surface area contributed by atoms with Crippen LogP contribution in [0.3, 0.4) is 0 Å². The van der Waals surface area contributed by atoms with E-state index in [9.17, 15) is 9.18 Å². The molecule has 0 fully saturated rings. The summed E-state index contributed by atoms with van der Waals surface area (Å²) in [5, 5.41) is 12.0. The summed E-state index contributed by atoms with van der Waals surface area (Å²) < 4.78 is 24.1. The number of amides is 1. The first kappa shape index (κ1) is 18.0. The Bertz CT molecular complexity index is 925. The monoisotopic (exact) mass is 375 g/mol. The number of aliphatic hydroxyl groups excluding tert-OH is 1. The molecule has 5 nitrogen and oxygen atoms in total. The van der Waals surface area contributed by atoms with Gasteiger partial charge in [0.25, 0.3) is 5.91 Å². The third-order valence-electron chi connectivity index (χ3n) is 3.54. The van der Waals surface area contributed by atoms with Gasteiger partial charge >= 0.3 is 0 Å². The molecule has 3 rings (SSSR count). The van der Waals surface area contributed by atoms with Crippen molar-refractivity contribution in [1.29, 1.82) is 0 Å². The molecule has 26 heavy (non-hydrogen) atoms. The van der Waals surface area contributed by atoms with Crippen LogP contribution in [0.4, 0.5) is 10.1 Å². The Balaban J connectivity index is 1.69. The average Bonchev–Trinajstić information content (AvgIpc) is 3.12. The summed E-state index contributed by atoms with van der Waals surface area (Å²) in [7, 11) is 0. The number of furan rings is 1. The second kappa shape index (κ2) is 8.03. The molecule has 0 unspecified atom stereocenters. The SMILES string of the molecule is O=C(COc1ccccc1F)Nc1cc(-c2ccc(CO)o2)ccc1Cl. The van der Waals surface area contributed by atoms with Crippen molar-refractivity contribution in [3.05, 3.63) is 71.2 Å². The van der Waals surface area contributed by atoms with E-state index >= 15 is 0 Å². The molecule has 134 valence electrons. The molecule has 1 amide bonds. The van der Waals surface area contributed by atoms with E-state index in [1.54, 1.807) is 36.4 Å². The van der Waals surface area contributed by atoms with Gasteiger partial charge in [-0.25, -0.2) is 4.39 Å². The van der Waals surface area contributed by atoms with Crippen molar-refractivity contribution in [2.24, 2.45) is 0 Å². The van der Waals surface area contributed by atoms with Crippen molar-refractivity contribution in [2.45, 2.75) is 6.61 Å². The van der Waals surface area contributed by atoms with Gasteiger partial charge in [-0.3, -0.25) is 4.79 Å². The highest BCUT2D eigenvalue weighted by Crippen LogP contribution is 2.30. The van der Waals surface area contributed by atoms with Crippen LogP contribution in [0.5, 0.6) is 5.75 Å². The standard InChI is InChI=1S/C19H15ClFNO4/c20-14-7-5-12(17-8-6-13(10-23)26-17)9-16(14)22-19(24)11-25-18-4-2-1-3-15(18)21/h1-9,23H,10-11H2,(H,22,24). The largest absolute Gasteiger partial charge is 0.481 e. The molecular formula is C19H15ClFNO4. The topological polar surface area (TPSA) is 71.7 Å². The highest BCUT2D eigenvalue weighted by molar-refractivity contribution is 6.33. The van der Waals surface area contributed by atoms with Crippen LogP contribution >= 0.6 is 11.6 Å². The maximum absolute atomic E-state index is 13.5. The molecule has 0 saturated carbocycles. The van der Waals surface area contributed by atoms with Gasteiger partial charge in [0.1, 0.15) is 18.1 Å². The quantitative estimate of drug-likeness (QED) is 0.675. The van der Waals surface area contributed by atoms with Crippen LogP contribution in [0.2, 0.25) is 5.02 Å². The van der Waals surface area contributed by atoms with E-state index in [-0.39, 0.29) is 19.0 Å². The van der Waals surface area contributed by atoms with Gasteiger partial charge in [0, 0.05) is 5.56 Å². The minimum atomic E-state index is -0.544. The van der Waals surface area contributed by atoms with Crippen molar-refractivity contribution in [2.75, 3.05) is 11.9 Å². The molecule has 1 heterocycles. The van der Waals surface area contributed by atoms with Crippen LogP contribution in [-0.2, 0) is 11.4 Å². The van der Waals surface area contributed by atoms with E-state index in [1.807, 2.05) is 0 Å². The number of hydrogen-bond acceptors (Lipinski definition) is 4. The molecule has 0 aliphatic carbocycles. The fourth-order valence-electron chi connectivity index (χ4n) is 2.28. The molecular weight excluding hydrogens is 361 g/mol. The molecule has 0 bridgehead atoms. The Labute approximate surface area is 154 Å². The Hall–Kier alpha value is -2.83. The van der Waals surface area contributed by atoms with E-state index in [2.05, 4.69) is 5.32 Å². The van der Waals surface area contributed by atoms with Crippen molar-refractivity contribution in [3.8, 4) is 17.1 Å². The number of para-hydroxylation sites is 1. The summed E-state index contributed by atoms with van der Waals surface area (Å²) in [5.74, 6) is -0.0714. The molecule has 0 aliphatic rings. The Morgan fingerprint density at radius 1 is 1.19 bits per heavy atom. The van der Waals surface area contributed by atoms with Gasteiger partial charge in [0.2, 0.25) is 0 Å². The highest BCUT2D eigenvalue weighted by atomic mass is 35.5. The summed E-state index contributed by atoms with van der Waals surface area (Å²) in [4.78, 5) is 12.1. The van der Waals surface area contributed by atoms with Crippen LogP contribution in [0.1, 0.15) is 5.76 Å². The predicted octanol–water partition coefficient (Wildman–Crippen LogP) is 4.25. The lowest BCUT2D eigenvalue weighted by Crippen LogP contribution is -2.20. The lowest BCUT2D eigenvalue weighted by molar-refractivity contribution is -0.118. The lowest BCUT2D eigenvalue weighted by atomic mass is 10.1. The Morgan fingerprint density at radius 2 is 2.00 bits per heavy atom. The third-order valence-corrected chi connectivity index (χ3v) is 3.87. The van der Waals surface area contributed by atoms with Gasteiger partial charge in [0.15, 0.2) is 18.2 Å². The molecule has 0 atom stereocenters. The number of halogens is 2. The van der Waals surface area contributed by atoms with E-state index in [1.165, 1.54) is 18.2 Å². The summed E-state index contributed by atoms with van der Waals surface area (Å²) in [6.45, 7) is -0.568. The number of carbonyl (C=O) groups excluding carboxylic acids is 1. The number of carbonyl (C=O) groups is 1. The number of benzene rings is 2. The maximum atomic E-state index is 13.5. The number of rotatable bonds is 6.